The number of nitrogens with zero attached hydrogens (tertiary/aromatic N) is 5. The van der Waals surface area contributed by atoms with Crippen molar-refractivity contribution in [2.75, 3.05) is 5.73 Å². The van der Waals surface area contributed by atoms with Gasteiger partial charge in [0.2, 0.25) is 5.95 Å². The zero-order chi connectivity index (χ0) is 19.4. The lowest BCUT2D eigenvalue weighted by atomic mass is 10.2. The van der Waals surface area contributed by atoms with Crippen molar-refractivity contribution in [3.63, 3.8) is 0 Å². The molecule has 0 unspecified atom stereocenters. The Morgan fingerprint density at radius 2 is 1.89 bits per heavy atom. The third kappa shape index (κ3) is 4.45. The minimum Gasteiger partial charge on any atom is -0.424 e. The summed E-state index contributed by atoms with van der Waals surface area (Å²) < 4.78 is 43.9. The molecule has 138 valence electrons. The maximum Gasteiger partial charge on any atom is 0.433 e. The summed E-state index contributed by atoms with van der Waals surface area (Å²) in [4.78, 5) is 22.8. The average molecular weight is 376 g/mol. The molecule has 3 rings (SSSR count). The van der Waals surface area contributed by atoms with Crippen LogP contribution in [0.15, 0.2) is 58.7 Å². The normalized spacial score (nSPS) is 11.7. The van der Waals surface area contributed by atoms with Gasteiger partial charge < -0.3 is 10.5 Å². The molecular weight excluding hydrogens is 365 g/mol. The molecule has 0 aliphatic carbocycles. The first-order chi connectivity index (χ1) is 12.8. The number of alkyl halides is 3. The summed E-state index contributed by atoms with van der Waals surface area (Å²) in [5.41, 5.74) is 3.47. The number of anilines is 1. The number of aromatic nitrogens is 4. The van der Waals surface area contributed by atoms with E-state index >= 15 is 0 Å². The van der Waals surface area contributed by atoms with Gasteiger partial charge in [-0.25, -0.2) is 15.0 Å². The van der Waals surface area contributed by atoms with Crippen molar-refractivity contribution in [1.29, 1.82) is 0 Å². The molecule has 0 saturated carbocycles. The maximum absolute atomic E-state index is 12.6. The number of benzene rings is 1. The highest BCUT2D eigenvalue weighted by atomic mass is 19.4. The fourth-order valence-electron chi connectivity index (χ4n) is 1.98. The van der Waals surface area contributed by atoms with Gasteiger partial charge in [0.05, 0.1) is 6.21 Å². The zero-order valence-corrected chi connectivity index (χ0v) is 13.5. The van der Waals surface area contributed by atoms with Crippen LogP contribution in [0.2, 0.25) is 0 Å². The highest BCUT2D eigenvalue weighted by Gasteiger charge is 2.33. The van der Waals surface area contributed by atoms with Crippen molar-refractivity contribution in [1.82, 2.24) is 19.6 Å². The fraction of sp³-hybridized carbons (Fsp3) is 0.0625. The number of hydrogen-bond donors (Lipinski definition) is 1. The Morgan fingerprint density at radius 1 is 1.15 bits per heavy atom. The van der Waals surface area contributed by atoms with E-state index in [9.17, 15) is 18.0 Å². The lowest BCUT2D eigenvalue weighted by Gasteiger charge is -2.08. The summed E-state index contributed by atoms with van der Waals surface area (Å²) in [6.07, 6.45) is -0.520. The number of nitrogens with two attached hydrogens (primary N) is 1. The summed E-state index contributed by atoms with van der Waals surface area (Å²) in [5, 5.41) is 3.78. The highest BCUT2D eigenvalue weighted by Crippen LogP contribution is 2.26. The van der Waals surface area contributed by atoms with Crippen LogP contribution in [0.5, 0.6) is 11.8 Å². The molecule has 0 atom stereocenters. The Bertz CT molecular complexity index is 1030. The smallest absolute Gasteiger partial charge is 0.424 e. The standard InChI is InChI=1S/C16H11F3N6O2/c17-16(18,19)12-8-13(26)25(14(20)24-12)23-9-10-3-1-4-11(7-10)27-15-21-5-2-6-22-15/h1-9H,(H2,20,24). The molecule has 0 fully saturated rings. The summed E-state index contributed by atoms with van der Waals surface area (Å²) in [7, 11) is 0. The fourth-order valence-corrected chi connectivity index (χ4v) is 1.98. The summed E-state index contributed by atoms with van der Waals surface area (Å²) in [6.45, 7) is 0. The van der Waals surface area contributed by atoms with Crippen LogP contribution >= 0.6 is 0 Å². The van der Waals surface area contributed by atoms with Crippen molar-refractivity contribution in [2.45, 2.75) is 6.18 Å². The first-order valence-corrected chi connectivity index (χ1v) is 7.39. The van der Waals surface area contributed by atoms with Crippen LogP contribution in [0.1, 0.15) is 11.3 Å². The minimum absolute atomic E-state index is 0.138. The quantitative estimate of drug-likeness (QED) is 0.700. The van der Waals surface area contributed by atoms with Gasteiger partial charge in [-0.1, -0.05) is 12.1 Å². The molecule has 0 spiro atoms. The van der Waals surface area contributed by atoms with Gasteiger partial charge in [-0.3, -0.25) is 4.79 Å². The molecule has 0 bridgehead atoms. The van der Waals surface area contributed by atoms with Crippen molar-refractivity contribution in [2.24, 2.45) is 5.10 Å². The Labute approximate surface area is 149 Å². The first kappa shape index (κ1) is 18.0. The summed E-state index contributed by atoms with van der Waals surface area (Å²) >= 11 is 0. The molecule has 11 heteroatoms. The minimum atomic E-state index is -4.78. The van der Waals surface area contributed by atoms with E-state index in [-0.39, 0.29) is 6.01 Å². The Hall–Kier alpha value is -3.76. The van der Waals surface area contributed by atoms with E-state index in [1.54, 1.807) is 30.3 Å². The zero-order valence-electron chi connectivity index (χ0n) is 13.5. The van der Waals surface area contributed by atoms with Gasteiger partial charge in [-0.2, -0.15) is 22.9 Å². The molecule has 2 heterocycles. The van der Waals surface area contributed by atoms with Gasteiger partial charge in [0.25, 0.3) is 5.56 Å². The van der Waals surface area contributed by atoms with Crippen LogP contribution in [0.3, 0.4) is 0 Å². The molecule has 0 saturated heterocycles. The van der Waals surface area contributed by atoms with Crippen molar-refractivity contribution in [3.8, 4) is 11.8 Å². The predicted octanol–water partition coefficient (Wildman–Crippen LogP) is 2.31. The second kappa shape index (κ2) is 7.23. The van der Waals surface area contributed by atoms with Gasteiger partial charge in [0.15, 0.2) is 5.69 Å². The van der Waals surface area contributed by atoms with Crippen LogP contribution in [-0.4, -0.2) is 25.8 Å². The largest absolute Gasteiger partial charge is 0.433 e. The number of hydrogen-bond acceptors (Lipinski definition) is 7. The van der Waals surface area contributed by atoms with E-state index < -0.39 is 23.4 Å². The molecule has 27 heavy (non-hydrogen) atoms. The SMILES string of the molecule is Nc1nc(C(F)(F)F)cc(=O)n1N=Cc1cccc(Oc2ncccn2)c1. The summed E-state index contributed by atoms with van der Waals surface area (Å²) in [5.74, 6) is -0.285. The van der Waals surface area contributed by atoms with Gasteiger partial charge >= 0.3 is 12.2 Å². The molecule has 0 radical (unpaired) electrons. The first-order valence-electron chi connectivity index (χ1n) is 7.39. The Kier molecular flexibility index (Phi) is 4.83. The molecule has 0 aliphatic heterocycles. The van der Waals surface area contributed by atoms with Crippen LogP contribution in [-0.2, 0) is 6.18 Å². The van der Waals surface area contributed by atoms with E-state index in [4.69, 9.17) is 10.5 Å². The van der Waals surface area contributed by atoms with Crippen LogP contribution in [0, 0.1) is 0 Å². The van der Waals surface area contributed by atoms with Crippen molar-refractivity contribution < 1.29 is 17.9 Å². The van der Waals surface area contributed by atoms with Gasteiger partial charge in [0, 0.05) is 18.5 Å². The lowest BCUT2D eigenvalue weighted by Crippen LogP contribution is -2.24. The van der Waals surface area contributed by atoms with E-state index in [0.29, 0.717) is 22.1 Å². The van der Waals surface area contributed by atoms with Crippen molar-refractivity contribution in [3.05, 3.63) is 70.4 Å². The Balaban J connectivity index is 1.84. The van der Waals surface area contributed by atoms with E-state index in [1.807, 2.05) is 0 Å². The molecule has 0 aliphatic rings. The van der Waals surface area contributed by atoms with E-state index in [1.165, 1.54) is 18.6 Å². The second-order valence-electron chi connectivity index (χ2n) is 5.10. The third-order valence-electron chi connectivity index (χ3n) is 3.14. The Morgan fingerprint density at radius 3 is 2.56 bits per heavy atom. The number of nitrogen functional groups attached to an aromatic ring is 1. The molecule has 2 aromatic heterocycles. The number of ether oxygens (including phenoxy) is 1. The van der Waals surface area contributed by atoms with Crippen LogP contribution < -0.4 is 16.0 Å². The molecule has 0 amide bonds. The lowest BCUT2D eigenvalue weighted by molar-refractivity contribution is -0.141. The van der Waals surface area contributed by atoms with Gasteiger partial charge in [-0.05, 0) is 23.8 Å². The van der Waals surface area contributed by atoms with Crippen molar-refractivity contribution >= 4 is 12.2 Å². The van der Waals surface area contributed by atoms with Gasteiger partial charge in [0.1, 0.15) is 5.75 Å². The van der Waals surface area contributed by atoms with E-state index in [2.05, 4.69) is 20.1 Å². The maximum atomic E-state index is 12.6. The molecule has 8 nitrogen and oxygen atoms in total. The molecule has 3 aromatic rings. The monoisotopic (exact) mass is 376 g/mol. The molecule has 1 aromatic carbocycles. The van der Waals surface area contributed by atoms with E-state index in [0.717, 1.165) is 0 Å². The second-order valence-corrected chi connectivity index (χ2v) is 5.10. The highest BCUT2D eigenvalue weighted by molar-refractivity contribution is 5.80. The van der Waals surface area contributed by atoms with Crippen LogP contribution in [0.25, 0.3) is 0 Å². The number of halogens is 3. The molecular formula is C16H11F3N6O2. The van der Waals surface area contributed by atoms with Gasteiger partial charge in [-0.15, -0.1) is 0 Å². The molecule has 2 N–H and O–H groups in total. The number of rotatable bonds is 4. The van der Waals surface area contributed by atoms with Crippen LogP contribution in [0.4, 0.5) is 19.1 Å². The predicted molar refractivity (Wildman–Crippen MR) is 89.5 cm³/mol. The topological polar surface area (TPSA) is 108 Å². The third-order valence-corrected chi connectivity index (χ3v) is 3.14. The summed E-state index contributed by atoms with van der Waals surface area (Å²) in [6, 6.07) is 8.60. The average Bonchev–Trinajstić information content (AvgIpc) is 2.61.